The van der Waals surface area contributed by atoms with Crippen LogP contribution < -0.4 is 5.32 Å². The molecule has 0 aliphatic heterocycles. The maximum absolute atomic E-state index is 12.6. The van der Waals surface area contributed by atoms with E-state index in [4.69, 9.17) is 9.15 Å². The molecule has 0 bridgehead atoms. The van der Waals surface area contributed by atoms with Gasteiger partial charge in [-0.15, -0.1) is 0 Å². The van der Waals surface area contributed by atoms with Crippen LogP contribution in [0.5, 0.6) is 0 Å². The van der Waals surface area contributed by atoms with E-state index in [1.54, 1.807) is 37.3 Å². The molecule has 1 amide bonds. The van der Waals surface area contributed by atoms with Crippen molar-refractivity contribution in [2.45, 2.75) is 6.92 Å². The summed E-state index contributed by atoms with van der Waals surface area (Å²) in [5.41, 5.74) is 1.49. The van der Waals surface area contributed by atoms with Crippen LogP contribution in [0.2, 0.25) is 0 Å². The van der Waals surface area contributed by atoms with Gasteiger partial charge in [-0.05, 0) is 35.9 Å². The van der Waals surface area contributed by atoms with Gasteiger partial charge in [0.25, 0.3) is 5.91 Å². The highest BCUT2D eigenvalue weighted by Crippen LogP contribution is 2.35. The minimum Gasteiger partial charge on any atom is -0.460 e. The molecule has 3 aromatic carbocycles. The average molecular weight is 359 g/mol. The number of hydrogen-bond donors (Lipinski definition) is 1. The molecule has 0 radical (unpaired) electrons. The number of fused-ring (bicyclic) bond motifs is 3. The van der Waals surface area contributed by atoms with E-state index in [0.717, 1.165) is 16.2 Å². The standard InChI is InChI=1S/C22H17NO4/c1-2-26-22(25)19-13-17-16-11-7-6-10-15(16)12-18(20(17)27-19)23-21(24)14-8-4-3-5-9-14/h3-13H,2H2,1H3,(H,23,24). The first kappa shape index (κ1) is 16.8. The SMILES string of the molecule is CCOC(=O)c1cc2c(o1)c(NC(=O)c1ccccc1)cc1ccccc12. The molecule has 27 heavy (non-hydrogen) atoms. The van der Waals surface area contributed by atoms with Crippen LogP contribution in [0.25, 0.3) is 21.7 Å². The molecule has 4 aromatic rings. The van der Waals surface area contributed by atoms with Gasteiger partial charge in [-0.1, -0.05) is 42.5 Å². The van der Waals surface area contributed by atoms with Gasteiger partial charge in [0.2, 0.25) is 5.76 Å². The van der Waals surface area contributed by atoms with Crippen LogP contribution in [0.3, 0.4) is 0 Å². The highest BCUT2D eigenvalue weighted by Gasteiger charge is 2.19. The smallest absolute Gasteiger partial charge is 0.374 e. The molecule has 0 unspecified atom stereocenters. The molecule has 0 aliphatic carbocycles. The Morgan fingerprint density at radius 1 is 0.963 bits per heavy atom. The van der Waals surface area contributed by atoms with Crippen molar-refractivity contribution >= 4 is 39.3 Å². The van der Waals surface area contributed by atoms with Gasteiger partial charge in [0.1, 0.15) is 0 Å². The maximum atomic E-state index is 12.6. The predicted molar refractivity (Wildman–Crippen MR) is 104 cm³/mol. The number of esters is 1. The second-order valence-corrected chi connectivity index (χ2v) is 6.04. The Bertz CT molecular complexity index is 1150. The van der Waals surface area contributed by atoms with Crippen LogP contribution in [0.4, 0.5) is 5.69 Å². The van der Waals surface area contributed by atoms with Gasteiger partial charge in [-0.3, -0.25) is 4.79 Å². The third-order valence-corrected chi connectivity index (χ3v) is 4.29. The van der Waals surface area contributed by atoms with E-state index in [1.165, 1.54) is 0 Å². The number of nitrogens with one attached hydrogen (secondary N) is 1. The summed E-state index contributed by atoms with van der Waals surface area (Å²) in [6.45, 7) is 2.00. The molecule has 1 heterocycles. The second-order valence-electron chi connectivity index (χ2n) is 6.04. The van der Waals surface area contributed by atoms with Crippen molar-refractivity contribution in [3.05, 3.63) is 78.1 Å². The van der Waals surface area contributed by atoms with E-state index >= 15 is 0 Å². The Hall–Kier alpha value is -3.60. The van der Waals surface area contributed by atoms with Crippen molar-refractivity contribution < 1.29 is 18.7 Å². The molecule has 4 rings (SSSR count). The summed E-state index contributed by atoms with van der Waals surface area (Å²) in [5, 5.41) is 5.51. The molecule has 0 spiro atoms. The molecular weight excluding hydrogens is 342 g/mol. The molecule has 0 saturated heterocycles. The first-order valence-corrected chi connectivity index (χ1v) is 8.66. The van der Waals surface area contributed by atoms with Crippen LogP contribution in [0.15, 0.2) is 71.1 Å². The molecule has 1 aromatic heterocycles. The van der Waals surface area contributed by atoms with Gasteiger partial charge in [0, 0.05) is 17.0 Å². The highest BCUT2D eigenvalue weighted by atomic mass is 16.5. The lowest BCUT2D eigenvalue weighted by molar-refractivity contribution is 0.0492. The van der Waals surface area contributed by atoms with Gasteiger partial charge >= 0.3 is 5.97 Å². The van der Waals surface area contributed by atoms with Crippen molar-refractivity contribution in [3.63, 3.8) is 0 Å². The van der Waals surface area contributed by atoms with Crippen molar-refractivity contribution in [2.75, 3.05) is 11.9 Å². The summed E-state index contributed by atoms with van der Waals surface area (Å²) < 4.78 is 10.8. The lowest BCUT2D eigenvalue weighted by Crippen LogP contribution is -2.11. The summed E-state index contributed by atoms with van der Waals surface area (Å²) in [4.78, 5) is 24.7. The average Bonchev–Trinajstić information content (AvgIpc) is 3.15. The number of carbonyl (C=O) groups excluding carboxylic acids is 2. The Labute approximate surface area is 155 Å². The number of rotatable bonds is 4. The zero-order valence-corrected chi connectivity index (χ0v) is 14.7. The molecule has 0 aliphatic rings. The molecular formula is C22H17NO4. The quantitative estimate of drug-likeness (QED) is 0.520. The third kappa shape index (κ3) is 3.15. The molecule has 0 atom stereocenters. The number of anilines is 1. The van der Waals surface area contributed by atoms with Crippen molar-refractivity contribution in [1.82, 2.24) is 0 Å². The summed E-state index contributed by atoms with van der Waals surface area (Å²) in [7, 11) is 0. The number of ether oxygens (including phenoxy) is 1. The van der Waals surface area contributed by atoms with Gasteiger partial charge in [0.05, 0.1) is 12.3 Å². The number of amides is 1. The van der Waals surface area contributed by atoms with Crippen molar-refractivity contribution in [1.29, 1.82) is 0 Å². The lowest BCUT2D eigenvalue weighted by Gasteiger charge is -2.08. The van der Waals surface area contributed by atoms with Gasteiger partial charge < -0.3 is 14.5 Å². The minimum atomic E-state index is -0.530. The van der Waals surface area contributed by atoms with Crippen LogP contribution in [-0.2, 0) is 4.74 Å². The first-order valence-electron chi connectivity index (χ1n) is 8.66. The molecule has 5 heteroatoms. The third-order valence-electron chi connectivity index (χ3n) is 4.29. The van der Waals surface area contributed by atoms with Gasteiger partial charge in [-0.25, -0.2) is 4.79 Å². The zero-order chi connectivity index (χ0) is 18.8. The van der Waals surface area contributed by atoms with E-state index in [0.29, 0.717) is 16.8 Å². The van der Waals surface area contributed by atoms with E-state index < -0.39 is 5.97 Å². The zero-order valence-electron chi connectivity index (χ0n) is 14.7. The normalized spacial score (nSPS) is 10.9. The number of hydrogen-bond acceptors (Lipinski definition) is 4. The molecule has 1 N–H and O–H groups in total. The Morgan fingerprint density at radius 2 is 1.70 bits per heavy atom. The molecule has 134 valence electrons. The first-order chi connectivity index (χ1) is 13.2. The van der Waals surface area contributed by atoms with Crippen LogP contribution >= 0.6 is 0 Å². The van der Waals surface area contributed by atoms with Crippen molar-refractivity contribution in [2.24, 2.45) is 0 Å². The largest absolute Gasteiger partial charge is 0.460 e. The Kier molecular flexibility index (Phi) is 4.34. The maximum Gasteiger partial charge on any atom is 0.374 e. The Balaban J connectivity index is 1.85. The fraction of sp³-hybridized carbons (Fsp3) is 0.0909. The summed E-state index contributed by atoms with van der Waals surface area (Å²) in [5.74, 6) is -0.669. The number of carbonyl (C=O) groups is 2. The lowest BCUT2D eigenvalue weighted by atomic mass is 10.0. The summed E-state index contributed by atoms with van der Waals surface area (Å²) >= 11 is 0. The van der Waals surface area contributed by atoms with Gasteiger partial charge in [-0.2, -0.15) is 0 Å². The summed E-state index contributed by atoms with van der Waals surface area (Å²) in [6.07, 6.45) is 0. The van der Waals surface area contributed by atoms with Gasteiger partial charge in [0.15, 0.2) is 5.58 Å². The molecule has 0 saturated carbocycles. The number of furan rings is 1. The fourth-order valence-electron chi connectivity index (χ4n) is 3.06. The van der Waals surface area contributed by atoms with Crippen molar-refractivity contribution in [3.8, 4) is 0 Å². The van der Waals surface area contributed by atoms with Crippen LogP contribution in [-0.4, -0.2) is 18.5 Å². The highest BCUT2D eigenvalue weighted by molar-refractivity contribution is 6.16. The molecule has 0 fully saturated rings. The second kappa shape index (κ2) is 6.96. The molecule has 5 nitrogen and oxygen atoms in total. The van der Waals surface area contributed by atoms with E-state index in [-0.39, 0.29) is 18.3 Å². The van der Waals surface area contributed by atoms with E-state index in [9.17, 15) is 9.59 Å². The number of benzene rings is 3. The predicted octanol–water partition coefficient (Wildman–Crippen LogP) is 5.02. The fourth-order valence-corrected chi connectivity index (χ4v) is 3.06. The monoisotopic (exact) mass is 359 g/mol. The minimum absolute atomic E-state index is 0.110. The summed E-state index contributed by atoms with van der Waals surface area (Å²) in [6, 6.07) is 20.2. The topological polar surface area (TPSA) is 68.5 Å². The van der Waals surface area contributed by atoms with E-state index in [2.05, 4.69) is 5.32 Å². The Morgan fingerprint density at radius 3 is 2.48 bits per heavy atom. The van der Waals surface area contributed by atoms with Crippen LogP contribution in [0.1, 0.15) is 27.8 Å². The van der Waals surface area contributed by atoms with E-state index in [1.807, 2.05) is 36.4 Å². The van der Waals surface area contributed by atoms with Crippen LogP contribution in [0, 0.1) is 0 Å².